The van der Waals surface area contributed by atoms with Gasteiger partial charge in [0.05, 0.1) is 5.41 Å². The first kappa shape index (κ1) is 17.0. The molecular weight excluding hydrogens is 256 g/mol. The number of nitrogens with one attached hydrogen (secondary N) is 1. The molecule has 1 aliphatic rings. The Morgan fingerprint density at radius 2 is 1.90 bits per heavy atom. The predicted molar refractivity (Wildman–Crippen MR) is 78.2 cm³/mol. The van der Waals surface area contributed by atoms with Crippen molar-refractivity contribution in [3.8, 4) is 0 Å². The summed E-state index contributed by atoms with van der Waals surface area (Å²) in [7, 11) is 0. The average molecular weight is 284 g/mol. The number of carboxylic acid groups (broad SMARTS) is 1. The molecule has 0 aromatic carbocycles. The van der Waals surface area contributed by atoms with Gasteiger partial charge in [-0.2, -0.15) is 0 Å². The van der Waals surface area contributed by atoms with E-state index in [4.69, 9.17) is 10.8 Å². The van der Waals surface area contributed by atoms with Crippen LogP contribution < -0.4 is 11.1 Å². The van der Waals surface area contributed by atoms with Crippen molar-refractivity contribution in [3.05, 3.63) is 0 Å². The molecule has 1 atom stereocenters. The first-order valence-electron chi connectivity index (χ1n) is 7.41. The van der Waals surface area contributed by atoms with Crippen molar-refractivity contribution in [1.82, 2.24) is 5.32 Å². The van der Waals surface area contributed by atoms with E-state index in [9.17, 15) is 9.59 Å². The lowest BCUT2D eigenvalue weighted by molar-refractivity contribution is -0.137. The Kier molecular flexibility index (Phi) is 5.57. The van der Waals surface area contributed by atoms with E-state index in [1.54, 1.807) is 0 Å². The lowest BCUT2D eigenvalue weighted by atomic mass is 9.76. The average Bonchev–Trinajstić information content (AvgIpc) is 3.12. The quantitative estimate of drug-likeness (QED) is 0.633. The molecule has 4 N–H and O–H groups in total. The highest BCUT2D eigenvalue weighted by molar-refractivity contribution is 5.85. The van der Waals surface area contributed by atoms with Gasteiger partial charge in [-0.3, -0.25) is 9.59 Å². The molecule has 0 aromatic heterocycles. The van der Waals surface area contributed by atoms with Crippen molar-refractivity contribution < 1.29 is 14.7 Å². The number of rotatable bonds is 8. The van der Waals surface area contributed by atoms with Crippen LogP contribution in [0.3, 0.4) is 0 Å². The minimum absolute atomic E-state index is 0.0469. The normalized spacial score (nSPS) is 18.4. The van der Waals surface area contributed by atoms with Gasteiger partial charge in [0.1, 0.15) is 0 Å². The smallest absolute Gasteiger partial charge is 0.303 e. The fraction of sp³-hybridized carbons (Fsp3) is 0.867. The van der Waals surface area contributed by atoms with Crippen LogP contribution in [0, 0.1) is 16.7 Å². The van der Waals surface area contributed by atoms with Crippen LogP contribution in [0.25, 0.3) is 0 Å². The fourth-order valence-electron chi connectivity index (χ4n) is 2.53. The topological polar surface area (TPSA) is 92.4 Å². The number of carboxylic acids is 1. The third-order valence-electron chi connectivity index (χ3n) is 4.44. The van der Waals surface area contributed by atoms with E-state index in [1.165, 1.54) is 0 Å². The molecule has 20 heavy (non-hydrogen) atoms. The lowest BCUT2D eigenvalue weighted by Gasteiger charge is -2.30. The summed E-state index contributed by atoms with van der Waals surface area (Å²) in [5.74, 6) is -0.416. The predicted octanol–water partition coefficient (Wildman–Crippen LogP) is 1.76. The monoisotopic (exact) mass is 284 g/mol. The van der Waals surface area contributed by atoms with Gasteiger partial charge in [-0.15, -0.1) is 0 Å². The van der Waals surface area contributed by atoms with Crippen LogP contribution in [0.5, 0.6) is 0 Å². The zero-order valence-corrected chi connectivity index (χ0v) is 12.9. The molecule has 0 spiro atoms. The van der Waals surface area contributed by atoms with Gasteiger partial charge in [-0.1, -0.05) is 20.8 Å². The molecule has 5 heteroatoms. The summed E-state index contributed by atoms with van der Waals surface area (Å²) < 4.78 is 0. The van der Waals surface area contributed by atoms with E-state index in [0.717, 1.165) is 19.3 Å². The van der Waals surface area contributed by atoms with Crippen molar-refractivity contribution in [1.29, 1.82) is 0 Å². The van der Waals surface area contributed by atoms with Gasteiger partial charge in [-0.25, -0.2) is 0 Å². The molecule has 5 nitrogen and oxygen atoms in total. The number of carbonyl (C=O) groups is 2. The summed E-state index contributed by atoms with van der Waals surface area (Å²) in [6, 6.07) is 0. The summed E-state index contributed by atoms with van der Waals surface area (Å²) >= 11 is 0. The Bertz CT molecular complexity index is 357. The number of nitrogens with two attached hydrogens (primary N) is 1. The van der Waals surface area contributed by atoms with Crippen LogP contribution >= 0.6 is 0 Å². The van der Waals surface area contributed by atoms with E-state index in [-0.39, 0.29) is 29.1 Å². The second-order valence-electron chi connectivity index (χ2n) is 7.02. The minimum atomic E-state index is -0.761. The van der Waals surface area contributed by atoms with Gasteiger partial charge in [0.15, 0.2) is 0 Å². The Morgan fingerprint density at radius 1 is 1.30 bits per heavy atom. The summed E-state index contributed by atoms with van der Waals surface area (Å²) in [5.41, 5.74) is 5.37. The molecule has 1 fully saturated rings. The van der Waals surface area contributed by atoms with Crippen molar-refractivity contribution in [2.24, 2.45) is 22.5 Å². The molecule has 0 radical (unpaired) electrons. The number of carbonyl (C=O) groups excluding carboxylic acids is 1. The fourth-order valence-corrected chi connectivity index (χ4v) is 2.53. The Morgan fingerprint density at radius 3 is 2.30 bits per heavy atom. The Hall–Kier alpha value is -1.10. The minimum Gasteiger partial charge on any atom is -0.481 e. The van der Waals surface area contributed by atoms with Crippen LogP contribution in [0.15, 0.2) is 0 Å². The van der Waals surface area contributed by atoms with Gasteiger partial charge in [-0.05, 0) is 37.0 Å². The maximum absolute atomic E-state index is 12.0. The van der Waals surface area contributed by atoms with E-state index in [1.807, 2.05) is 0 Å². The third kappa shape index (κ3) is 4.78. The molecular formula is C15H28N2O3. The maximum atomic E-state index is 12.0. The van der Waals surface area contributed by atoms with Gasteiger partial charge in [0.2, 0.25) is 5.91 Å². The molecule has 0 heterocycles. The van der Waals surface area contributed by atoms with Crippen LogP contribution in [-0.2, 0) is 9.59 Å². The summed E-state index contributed by atoms with van der Waals surface area (Å²) in [6.45, 7) is 7.36. The van der Waals surface area contributed by atoms with Crippen molar-refractivity contribution in [2.75, 3.05) is 13.1 Å². The first-order chi connectivity index (χ1) is 9.21. The Labute approximate surface area is 121 Å². The van der Waals surface area contributed by atoms with Gasteiger partial charge in [0, 0.05) is 19.5 Å². The highest BCUT2D eigenvalue weighted by atomic mass is 16.4. The zero-order chi connectivity index (χ0) is 15.4. The molecule has 1 rings (SSSR count). The highest BCUT2D eigenvalue weighted by Crippen LogP contribution is 2.44. The molecule has 1 unspecified atom stereocenters. The number of amides is 1. The SMILES string of the molecule is CC(C)(C)C(CCNC(=O)C1(CN)CC1)CCC(=O)O. The molecule has 0 aliphatic heterocycles. The standard InChI is InChI=1S/C15H28N2O3/c1-14(2,3)11(4-5-12(18)19)6-9-17-13(20)15(10-16)7-8-15/h11H,4-10,16H2,1-3H3,(H,17,20)(H,18,19). The second kappa shape index (κ2) is 6.57. The molecule has 0 bridgehead atoms. The van der Waals surface area contributed by atoms with Gasteiger partial charge >= 0.3 is 5.97 Å². The van der Waals surface area contributed by atoms with E-state index in [0.29, 0.717) is 19.5 Å². The molecule has 0 aromatic rings. The largest absolute Gasteiger partial charge is 0.481 e. The highest BCUT2D eigenvalue weighted by Gasteiger charge is 2.48. The zero-order valence-electron chi connectivity index (χ0n) is 12.9. The summed E-state index contributed by atoms with van der Waals surface area (Å²) in [4.78, 5) is 22.7. The van der Waals surface area contributed by atoms with Crippen LogP contribution in [0.2, 0.25) is 0 Å². The maximum Gasteiger partial charge on any atom is 0.303 e. The van der Waals surface area contributed by atoms with Crippen molar-refractivity contribution in [3.63, 3.8) is 0 Å². The lowest BCUT2D eigenvalue weighted by Crippen LogP contribution is -2.38. The first-order valence-corrected chi connectivity index (χ1v) is 7.41. The molecule has 1 amide bonds. The number of hydrogen-bond donors (Lipinski definition) is 3. The van der Waals surface area contributed by atoms with E-state index < -0.39 is 5.97 Å². The molecule has 1 aliphatic carbocycles. The molecule has 0 saturated heterocycles. The van der Waals surface area contributed by atoms with Crippen LogP contribution in [0.4, 0.5) is 0 Å². The second-order valence-corrected chi connectivity index (χ2v) is 7.02. The summed E-state index contributed by atoms with van der Waals surface area (Å²) in [6.07, 6.45) is 3.41. The van der Waals surface area contributed by atoms with E-state index >= 15 is 0 Å². The van der Waals surface area contributed by atoms with Crippen molar-refractivity contribution in [2.45, 2.75) is 52.9 Å². The molecule has 1 saturated carbocycles. The van der Waals surface area contributed by atoms with E-state index in [2.05, 4.69) is 26.1 Å². The van der Waals surface area contributed by atoms with Gasteiger partial charge in [0.25, 0.3) is 0 Å². The summed E-state index contributed by atoms with van der Waals surface area (Å²) in [5, 5.41) is 11.8. The number of aliphatic carboxylic acids is 1. The Balaban J connectivity index is 2.38. The number of hydrogen-bond acceptors (Lipinski definition) is 3. The van der Waals surface area contributed by atoms with Crippen molar-refractivity contribution >= 4 is 11.9 Å². The van der Waals surface area contributed by atoms with Gasteiger partial charge < -0.3 is 16.2 Å². The molecule has 116 valence electrons. The van der Waals surface area contributed by atoms with Crippen LogP contribution in [0.1, 0.15) is 52.9 Å². The van der Waals surface area contributed by atoms with Crippen LogP contribution in [-0.4, -0.2) is 30.1 Å². The third-order valence-corrected chi connectivity index (χ3v) is 4.44.